The number of phenols is 1. The highest BCUT2D eigenvalue weighted by molar-refractivity contribution is 9.10. The van der Waals surface area contributed by atoms with Crippen LogP contribution in [0.15, 0.2) is 16.6 Å². The second kappa shape index (κ2) is 6.86. The Bertz CT molecular complexity index is 499. The van der Waals surface area contributed by atoms with Gasteiger partial charge in [-0.1, -0.05) is 24.4 Å². The number of hydrogen-bond donors (Lipinski definition) is 2. The van der Waals surface area contributed by atoms with E-state index in [4.69, 9.17) is 11.6 Å². The Hall–Kier alpha value is -0.290. The molecule has 0 aromatic heterocycles. The lowest BCUT2D eigenvalue weighted by Gasteiger charge is -2.39. The van der Waals surface area contributed by atoms with Crippen molar-refractivity contribution in [3.63, 3.8) is 0 Å². The zero-order chi connectivity index (χ0) is 14.8. The molecule has 0 spiro atoms. The number of nitrogens with one attached hydrogen (secondary N) is 1. The van der Waals surface area contributed by atoms with E-state index in [0.717, 1.165) is 36.2 Å². The van der Waals surface area contributed by atoms with E-state index in [9.17, 15) is 5.11 Å². The van der Waals surface area contributed by atoms with Gasteiger partial charge in [0.2, 0.25) is 0 Å². The Morgan fingerprint density at radius 3 is 2.57 bits per heavy atom. The van der Waals surface area contributed by atoms with Crippen LogP contribution in [0.2, 0.25) is 5.02 Å². The van der Waals surface area contributed by atoms with E-state index in [0.29, 0.717) is 16.7 Å². The summed E-state index contributed by atoms with van der Waals surface area (Å²) in [7, 11) is 0. The van der Waals surface area contributed by atoms with Crippen molar-refractivity contribution in [2.45, 2.75) is 31.7 Å². The third kappa shape index (κ3) is 3.24. The van der Waals surface area contributed by atoms with Gasteiger partial charge in [0.15, 0.2) is 0 Å². The smallest absolute Gasteiger partial charge is 0.136 e. The van der Waals surface area contributed by atoms with Crippen LogP contribution in [-0.2, 0) is 0 Å². The molecule has 0 unspecified atom stereocenters. The summed E-state index contributed by atoms with van der Waals surface area (Å²) in [5.41, 5.74) is 0.917. The molecule has 116 valence electrons. The Balaban J connectivity index is 1.99. The predicted molar refractivity (Wildman–Crippen MR) is 90.0 cm³/mol. The van der Waals surface area contributed by atoms with Gasteiger partial charge in [-0.3, -0.25) is 4.90 Å². The van der Waals surface area contributed by atoms with Crippen molar-refractivity contribution in [2.75, 3.05) is 26.2 Å². The number of hydrogen-bond acceptors (Lipinski definition) is 3. The third-order valence-corrected chi connectivity index (χ3v) is 5.77. The maximum Gasteiger partial charge on any atom is 0.136 e. The van der Waals surface area contributed by atoms with Gasteiger partial charge in [0.05, 0.1) is 4.47 Å². The summed E-state index contributed by atoms with van der Waals surface area (Å²) in [5, 5.41) is 14.7. The highest BCUT2D eigenvalue weighted by Crippen LogP contribution is 2.47. The van der Waals surface area contributed by atoms with Gasteiger partial charge in [-0.2, -0.15) is 0 Å². The second-order valence-corrected chi connectivity index (χ2v) is 7.33. The molecule has 2 aliphatic rings. The fourth-order valence-electron chi connectivity index (χ4n) is 3.79. The Labute approximate surface area is 139 Å². The van der Waals surface area contributed by atoms with Crippen molar-refractivity contribution in [1.29, 1.82) is 0 Å². The number of aromatic hydroxyl groups is 1. The van der Waals surface area contributed by atoms with Crippen molar-refractivity contribution in [3.8, 4) is 5.75 Å². The minimum absolute atomic E-state index is 0.236. The van der Waals surface area contributed by atoms with Gasteiger partial charge >= 0.3 is 0 Å². The third-order valence-electron chi connectivity index (χ3n) is 4.80. The van der Waals surface area contributed by atoms with Crippen molar-refractivity contribution < 1.29 is 5.11 Å². The zero-order valence-electron chi connectivity index (χ0n) is 12.1. The number of piperazine rings is 1. The largest absolute Gasteiger partial charge is 0.506 e. The minimum atomic E-state index is 0.236. The molecular weight excluding hydrogens is 352 g/mol. The molecule has 0 bridgehead atoms. The summed E-state index contributed by atoms with van der Waals surface area (Å²) >= 11 is 9.91. The molecule has 2 fully saturated rings. The molecule has 21 heavy (non-hydrogen) atoms. The molecule has 1 heterocycles. The molecule has 1 aromatic carbocycles. The number of nitrogens with zero attached hydrogens (tertiary/aromatic N) is 1. The number of benzene rings is 1. The summed E-state index contributed by atoms with van der Waals surface area (Å²) in [6.45, 7) is 4.05. The van der Waals surface area contributed by atoms with Gasteiger partial charge in [-0.25, -0.2) is 0 Å². The van der Waals surface area contributed by atoms with Crippen LogP contribution in [0.4, 0.5) is 0 Å². The van der Waals surface area contributed by atoms with E-state index in [2.05, 4.69) is 26.1 Å². The molecule has 0 radical (unpaired) electrons. The minimum Gasteiger partial charge on any atom is -0.506 e. The fourth-order valence-corrected chi connectivity index (χ4v) is 4.40. The van der Waals surface area contributed by atoms with Gasteiger partial charge in [-0.05, 0) is 46.8 Å². The van der Waals surface area contributed by atoms with Crippen LogP contribution in [0.25, 0.3) is 0 Å². The first-order chi connectivity index (χ1) is 10.2. The molecule has 1 aliphatic carbocycles. The normalized spacial score (nSPS) is 22.6. The zero-order valence-corrected chi connectivity index (χ0v) is 14.5. The average molecular weight is 374 g/mol. The van der Waals surface area contributed by atoms with Crippen LogP contribution in [0.1, 0.15) is 37.3 Å². The van der Waals surface area contributed by atoms with Crippen LogP contribution >= 0.6 is 27.5 Å². The van der Waals surface area contributed by atoms with E-state index >= 15 is 0 Å². The van der Waals surface area contributed by atoms with Gasteiger partial charge < -0.3 is 10.4 Å². The van der Waals surface area contributed by atoms with E-state index in [-0.39, 0.29) is 6.04 Å². The summed E-state index contributed by atoms with van der Waals surface area (Å²) < 4.78 is 0.736. The molecule has 1 aromatic rings. The van der Waals surface area contributed by atoms with E-state index in [1.54, 1.807) is 0 Å². The van der Waals surface area contributed by atoms with E-state index in [1.807, 2.05) is 12.1 Å². The summed E-state index contributed by atoms with van der Waals surface area (Å²) in [4.78, 5) is 2.50. The summed E-state index contributed by atoms with van der Waals surface area (Å²) in [5.74, 6) is 0.915. The second-order valence-electron chi connectivity index (χ2n) is 6.07. The van der Waals surface area contributed by atoms with Crippen LogP contribution in [0.5, 0.6) is 5.75 Å². The van der Waals surface area contributed by atoms with Gasteiger partial charge in [-0.15, -0.1) is 0 Å². The molecule has 1 saturated heterocycles. The van der Waals surface area contributed by atoms with Gasteiger partial charge in [0, 0.05) is 42.8 Å². The molecule has 3 nitrogen and oxygen atoms in total. The quantitative estimate of drug-likeness (QED) is 0.842. The van der Waals surface area contributed by atoms with Crippen molar-refractivity contribution in [2.24, 2.45) is 5.92 Å². The van der Waals surface area contributed by atoms with Crippen molar-refractivity contribution in [3.05, 3.63) is 27.2 Å². The Morgan fingerprint density at radius 1 is 1.24 bits per heavy atom. The fraction of sp³-hybridized carbons (Fsp3) is 0.625. The van der Waals surface area contributed by atoms with Crippen LogP contribution < -0.4 is 5.32 Å². The molecule has 1 aliphatic heterocycles. The Kier molecular flexibility index (Phi) is 5.10. The summed E-state index contributed by atoms with van der Waals surface area (Å²) in [6.07, 6.45) is 5.05. The monoisotopic (exact) mass is 372 g/mol. The first-order valence-electron chi connectivity index (χ1n) is 7.80. The van der Waals surface area contributed by atoms with Gasteiger partial charge in [0.1, 0.15) is 5.75 Å². The average Bonchev–Trinajstić information content (AvgIpc) is 3.02. The topological polar surface area (TPSA) is 35.5 Å². The molecule has 3 rings (SSSR count). The Morgan fingerprint density at radius 2 is 1.90 bits per heavy atom. The van der Waals surface area contributed by atoms with Crippen LogP contribution in [-0.4, -0.2) is 36.2 Å². The lowest BCUT2D eigenvalue weighted by Crippen LogP contribution is -2.46. The van der Waals surface area contributed by atoms with Crippen molar-refractivity contribution >= 4 is 27.5 Å². The lowest BCUT2D eigenvalue weighted by molar-refractivity contribution is 0.123. The van der Waals surface area contributed by atoms with Crippen molar-refractivity contribution in [1.82, 2.24) is 10.2 Å². The highest BCUT2D eigenvalue weighted by atomic mass is 79.9. The molecule has 0 amide bonds. The lowest BCUT2D eigenvalue weighted by atomic mass is 9.89. The number of phenolic OH excluding ortho intramolecular Hbond substituents is 1. The molecule has 1 atom stereocenters. The highest BCUT2D eigenvalue weighted by Gasteiger charge is 2.35. The van der Waals surface area contributed by atoms with E-state index in [1.165, 1.54) is 25.7 Å². The van der Waals surface area contributed by atoms with Crippen LogP contribution in [0.3, 0.4) is 0 Å². The number of rotatable bonds is 3. The SMILES string of the molecule is Oc1c(Br)ccc(Cl)c1[C@@H](C1CCCC1)N1CCNCC1. The first kappa shape index (κ1) is 15.6. The van der Waals surface area contributed by atoms with E-state index < -0.39 is 0 Å². The van der Waals surface area contributed by atoms with Gasteiger partial charge in [0.25, 0.3) is 0 Å². The summed E-state index contributed by atoms with van der Waals surface area (Å²) in [6, 6.07) is 3.95. The first-order valence-corrected chi connectivity index (χ1v) is 8.97. The maximum absolute atomic E-state index is 10.6. The maximum atomic E-state index is 10.6. The number of halogens is 2. The predicted octanol–water partition coefficient (Wildman–Crippen LogP) is 3.94. The standard InChI is InChI=1S/C16H22BrClN2O/c17-12-5-6-13(18)14(16(12)21)15(11-3-1-2-4-11)20-9-7-19-8-10-20/h5-6,11,15,19,21H,1-4,7-10H2/t15-/m1/s1. The van der Waals surface area contributed by atoms with Crippen LogP contribution in [0, 0.1) is 5.92 Å². The molecular formula is C16H22BrClN2O. The molecule has 5 heteroatoms. The molecule has 1 saturated carbocycles. The molecule has 2 N–H and O–H groups in total.